The van der Waals surface area contributed by atoms with E-state index < -0.39 is 0 Å². The van der Waals surface area contributed by atoms with Crippen LogP contribution in [0.3, 0.4) is 0 Å². The van der Waals surface area contributed by atoms with E-state index >= 15 is 0 Å². The molecule has 0 saturated carbocycles. The Morgan fingerprint density at radius 1 is 1.43 bits per heavy atom. The Balaban J connectivity index is 1.60. The third-order valence-electron chi connectivity index (χ3n) is 4.52. The van der Waals surface area contributed by atoms with E-state index in [2.05, 4.69) is 21.3 Å². The molecule has 1 fully saturated rings. The number of hydrogen-bond donors (Lipinski definition) is 0. The first-order chi connectivity index (χ1) is 10.2. The first kappa shape index (κ1) is 14.8. The summed E-state index contributed by atoms with van der Waals surface area (Å²) in [6, 6.07) is 0. The van der Waals surface area contributed by atoms with E-state index in [1.54, 1.807) is 11.3 Å². The lowest BCUT2D eigenvalue weighted by Gasteiger charge is -2.32. The maximum atomic E-state index is 12.5. The Morgan fingerprint density at radius 3 is 3.05 bits per heavy atom. The van der Waals surface area contributed by atoms with Crippen molar-refractivity contribution < 1.29 is 4.79 Å². The van der Waals surface area contributed by atoms with Crippen LogP contribution in [0.15, 0.2) is 17.0 Å². The van der Waals surface area contributed by atoms with E-state index in [4.69, 9.17) is 0 Å². The van der Waals surface area contributed by atoms with Gasteiger partial charge in [0, 0.05) is 36.5 Å². The SMILES string of the molecule is Cc1csc([C@@H]2CCCN(C(=O)CC3=CCCCC3)C2)n1. The van der Waals surface area contributed by atoms with Gasteiger partial charge in [-0.2, -0.15) is 0 Å². The first-order valence-corrected chi connectivity index (χ1v) is 8.98. The molecule has 4 heteroatoms. The zero-order valence-corrected chi connectivity index (χ0v) is 13.6. The third-order valence-corrected chi connectivity index (χ3v) is 5.65. The molecule has 1 aliphatic heterocycles. The monoisotopic (exact) mass is 304 g/mol. The minimum absolute atomic E-state index is 0.320. The summed E-state index contributed by atoms with van der Waals surface area (Å²) in [4.78, 5) is 19.2. The van der Waals surface area contributed by atoms with E-state index in [0.29, 0.717) is 18.2 Å². The summed E-state index contributed by atoms with van der Waals surface area (Å²) < 4.78 is 0. The van der Waals surface area contributed by atoms with Gasteiger partial charge in [-0.1, -0.05) is 11.6 Å². The number of aromatic nitrogens is 1. The number of thiazole rings is 1. The fraction of sp³-hybridized carbons (Fsp3) is 0.647. The summed E-state index contributed by atoms with van der Waals surface area (Å²) in [6.07, 6.45) is 10.0. The highest BCUT2D eigenvalue weighted by atomic mass is 32.1. The van der Waals surface area contributed by atoms with E-state index in [1.807, 2.05) is 6.92 Å². The number of piperidine rings is 1. The minimum atomic E-state index is 0.320. The van der Waals surface area contributed by atoms with Crippen molar-refractivity contribution in [3.05, 3.63) is 27.7 Å². The Kier molecular flexibility index (Phi) is 4.73. The molecule has 0 spiro atoms. The molecule has 1 saturated heterocycles. The van der Waals surface area contributed by atoms with Crippen molar-refractivity contribution >= 4 is 17.2 Å². The molecule has 3 rings (SSSR count). The fourth-order valence-corrected chi connectivity index (χ4v) is 4.26. The van der Waals surface area contributed by atoms with Crippen LogP contribution in [0, 0.1) is 6.92 Å². The Labute approximate surface area is 131 Å². The van der Waals surface area contributed by atoms with Gasteiger partial charge in [-0.15, -0.1) is 11.3 Å². The maximum Gasteiger partial charge on any atom is 0.226 e. The second-order valence-electron chi connectivity index (χ2n) is 6.29. The maximum absolute atomic E-state index is 12.5. The van der Waals surface area contributed by atoms with Crippen LogP contribution < -0.4 is 0 Å². The predicted octanol–water partition coefficient (Wildman–Crippen LogP) is 4.05. The highest BCUT2D eigenvalue weighted by Gasteiger charge is 2.26. The van der Waals surface area contributed by atoms with Gasteiger partial charge < -0.3 is 4.90 Å². The van der Waals surface area contributed by atoms with Crippen LogP contribution in [-0.4, -0.2) is 28.9 Å². The fourth-order valence-electron chi connectivity index (χ4n) is 3.34. The summed E-state index contributed by atoms with van der Waals surface area (Å²) in [5.41, 5.74) is 2.46. The Bertz CT molecular complexity index is 535. The van der Waals surface area contributed by atoms with Crippen LogP contribution in [0.1, 0.15) is 61.6 Å². The smallest absolute Gasteiger partial charge is 0.226 e. The predicted molar refractivity (Wildman–Crippen MR) is 86.6 cm³/mol. The molecular weight excluding hydrogens is 280 g/mol. The molecule has 21 heavy (non-hydrogen) atoms. The number of hydrogen-bond acceptors (Lipinski definition) is 3. The number of likely N-dealkylation sites (tertiary alicyclic amines) is 1. The van der Waals surface area contributed by atoms with Crippen LogP contribution in [0.5, 0.6) is 0 Å². The third kappa shape index (κ3) is 3.73. The summed E-state index contributed by atoms with van der Waals surface area (Å²) >= 11 is 1.75. The molecule has 2 heterocycles. The standard InChI is InChI=1S/C17H24N2OS/c1-13-12-21-17(18-13)15-8-5-9-19(11-15)16(20)10-14-6-3-2-4-7-14/h6,12,15H,2-5,7-11H2,1H3/t15-/m1/s1. The van der Waals surface area contributed by atoms with E-state index in [-0.39, 0.29) is 0 Å². The largest absolute Gasteiger partial charge is 0.342 e. The zero-order chi connectivity index (χ0) is 14.7. The van der Waals surface area contributed by atoms with Crippen molar-refractivity contribution in [1.29, 1.82) is 0 Å². The van der Waals surface area contributed by atoms with Gasteiger partial charge in [0.15, 0.2) is 0 Å². The van der Waals surface area contributed by atoms with Gasteiger partial charge in [-0.25, -0.2) is 4.98 Å². The van der Waals surface area contributed by atoms with Gasteiger partial charge in [0.2, 0.25) is 5.91 Å². The molecule has 1 aromatic heterocycles. The summed E-state index contributed by atoms with van der Waals surface area (Å²) in [5, 5.41) is 3.32. The van der Waals surface area contributed by atoms with Crippen LogP contribution in [-0.2, 0) is 4.79 Å². The quantitative estimate of drug-likeness (QED) is 0.789. The van der Waals surface area contributed by atoms with E-state index in [0.717, 1.165) is 38.0 Å². The summed E-state index contributed by atoms with van der Waals surface area (Å²) in [5.74, 6) is 0.767. The highest BCUT2D eigenvalue weighted by Crippen LogP contribution is 2.30. The number of carbonyl (C=O) groups is 1. The number of nitrogens with zero attached hydrogens (tertiary/aromatic N) is 2. The molecule has 1 atom stereocenters. The topological polar surface area (TPSA) is 33.2 Å². The van der Waals surface area contributed by atoms with Gasteiger partial charge >= 0.3 is 0 Å². The number of carbonyl (C=O) groups excluding carboxylic acids is 1. The van der Waals surface area contributed by atoms with Crippen molar-refractivity contribution in [3.63, 3.8) is 0 Å². The van der Waals surface area contributed by atoms with Crippen LogP contribution in [0.4, 0.5) is 0 Å². The second-order valence-corrected chi connectivity index (χ2v) is 7.18. The Morgan fingerprint density at radius 2 is 2.33 bits per heavy atom. The molecule has 0 radical (unpaired) electrons. The number of aryl methyl sites for hydroxylation is 1. The van der Waals surface area contributed by atoms with Gasteiger partial charge in [0.25, 0.3) is 0 Å². The summed E-state index contributed by atoms with van der Waals surface area (Å²) in [6.45, 7) is 3.83. The molecular formula is C17H24N2OS. The number of rotatable bonds is 3. The average molecular weight is 304 g/mol. The van der Waals surface area contributed by atoms with Crippen molar-refractivity contribution in [2.45, 2.75) is 57.8 Å². The molecule has 2 aliphatic rings. The molecule has 3 nitrogen and oxygen atoms in total. The second kappa shape index (κ2) is 6.73. The number of amides is 1. The van der Waals surface area contributed by atoms with Crippen molar-refractivity contribution in [1.82, 2.24) is 9.88 Å². The molecule has 1 aromatic rings. The molecule has 0 bridgehead atoms. The molecule has 0 N–H and O–H groups in total. The van der Waals surface area contributed by atoms with Crippen molar-refractivity contribution in [3.8, 4) is 0 Å². The van der Waals surface area contributed by atoms with Crippen LogP contribution in [0.25, 0.3) is 0 Å². The van der Waals surface area contributed by atoms with Crippen molar-refractivity contribution in [2.24, 2.45) is 0 Å². The van der Waals surface area contributed by atoms with Gasteiger partial charge in [0.1, 0.15) is 0 Å². The zero-order valence-electron chi connectivity index (χ0n) is 12.8. The lowest BCUT2D eigenvalue weighted by atomic mass is 9.95. The lowest BCUT2D eigenvalue weighted by Crippen LogP contribution is -2.39. The van der Waals surface area contributed by atoms with Crippen LogP contribution >= 0.6 is 11.3 Å². The van der Waals surface area contributed by atoms with E-state index in [9.17, 15) is 4.79 Å². The molecule has 114 valence electrons. The van der Waals surface area contributed by atoms with Gasteiger partial charge in [-0.3, -0.25) is 4.79 Å². The van der Waals surface area contributed by atoms with E-state index in [1.165, 1.54) is 29.8 Å². The minimum Gasteiger partial charge on any atom is -0.342 e. The molecule has 1 aliphatic carbocycles. The Hall–Kier alpha value is -1.16. The van der Waals surface area contributed by atoms with Gasteiger partial charge in [0.05, 0.1) is 5.01 Å². The molecule has 0 aromatic carbocycles. The normalized spacial score (nSPS) is 23.0. The van der Waals surface area contributed by atoms with Crippen molar-refractivity contribution in [2.75, 3.05) is 13.1 Å². The first-order valence-electron chi connectivity index (χ1n) is 8.10. The van der Waals surface area contributed by atoms with Gasteiger partial charge in [-0.05, 0) is 45.4 Å². The molecule has 0 unspecified atom stereocenters. The lowest BCUT2D eigenvalue weighted by molar-refractivity contribution is -0.131. The summed E-state index contributed by atoms with van der Waals surface area (Å²) in [7, 11) is 0. The molecule has 1 amide bonds. The van der Waals surface area contributed by atoms with Crippen LogP contribution in [0.2, 0.25) is 0 Å². The number of allylic oxidation sites excluding steroid dienone is 1. The average Bonchev–Trinajstić information content (AvgIpc) is 2.95. The highest BCUT2D eigenvalue weighted by molar-refractivity contribution is 7.09.